The van der Waals surface area contributed by atoms with E-state index in [2.05, 4.69) is 35.6 Å². The second kappa shape index (κ2) is 7.92. The molecule has 0 unspecified atom stereocenters. The number of hydrogen-bond donors (Lipinski definition) is 1. The number of aromatic nitrogens is 3. The lowest BCUT2D eigenvalue weighted by Crippen LogP contribution is -2.29. The summed E-state index contributed by atoms with van der Waals surface area (Å²) in [5.74, 6) is 0.144. The highest BCUT2D eigenvalue weighted by Gasteiger charge is 2.30. The monoisotopic (exact) mass is 456 g/mol. The lowest BCUT2D eigenvalue weighted by molar-refractivity contribution is -0.155. The molecule has 7 nitrogen and oxygen atoms in total. The van der Waals surface area contributed by atoms with E-state index in [-0.39, 0.29) is 23.3 Å². The molecule has 0 saturated carbocycles. The molecule has 144 valence electrons. The lowest BCUT2D eigenvalue weighted by Gasteiger charge is -2.15. The number of sulfonamides is 1. The predicted molar refractivity (Wildman–Crippen MR) is 90.1 cm³/mol. The van der Waals surface area contributed by atoms with Crippen molar-refractivity contribution in [2.24, 2.45) is 0 Å². The van der Waals surface area contributed by atoms with E-state index in [1.807, 2.05) is 0 Å². The van der Waals surface area contributed by atoms with Crippen molar-refractivity contribution >= 4 is 26.0 Å². The summed E-state index contributed by atoms with van der Waals surface area (Å²) in [7, 11) is -3.85. The Hall–Kier alpha value is -1.66. The van der Waals surface area contributed by atoms with Gasteiger partial charge in [0.1, 0.15) is 0 Å². The third-order valence-electron chi connectivity index (χ3n) is 3.27. The number of nitrogens with one attached hydrogen (secondary N) is 1. The second-order valence-electron chi connectivity index (χ2n) is 5.29. The van der Waals surface area contributed by atoms with Crippen LogP contribution in [0.25, 0.3) is 0 Å². The van der Waals surface area contributed by atoms with Crippen LogP contribution in [0.5, 0.6) is 6.01 Å². The molecule has 0 fully saturated rings. The number of ether oxygens (including phenoxy) is 1. The zero-order valence-electron chi connectivity index (χ0n) is 13.8. The maximum atomic E-state index is 12.4. The van der Waals surface area contributed by atoms with Crippen molar-refractivity contribution in [1.29, 1.82) is 0 Å². The smallest absolute Gasteiger partial charge is 0.422 e. The number of halogens is 4. The minimum atomic E-state index is -4.51. The molecular weight excluding hydrogens is 441 g/mol. The largest absolute Gasteiger partial charge is 0.454 e. The van der Waals surface area contributed by atoms with E-state index >= 15 is 0 Å². The van der Waals surface area contributed by atoms with Crippen molar-refractivity contribution in [1.82, 2.24) is 19.5 Å². The molecule has 2 aromatic rings. The number of hydrogen-bond acceptors (Lipinski definition) is 5. The van der Waals surface area contributed by atoms with Gasteiger partial charge in [-0.05, 0) is 38.1 Å². The second-order valence-corrected chi connectivity index (χ2v) is 7.92. The van der Waals surface area contributed by atoms with Gasteiger partial charge in [0.05, 0.1) is 10.9 Å². The van der Waals surface area contributed by atoms with Crippen molar-refractivity contribution in [2.45, 2.75) is 37.5 Å². The summed E-state index contributed by atoms with van der Waals surface area (Å²) in [6, 6.07) is 4.84. The minimum Gasteiger partial charge on any atom is -0.454 e. The van der Waals surface area contributed by atoms with E-state index in [0.717, 1.165) is 4.47 Å². The number of alkyl halides is 3. The third-order valence-corrected chi connectivity index (χ3v) is 5.36. The molecule has 26 heavy (non-hydrogen) atoms. The summed E-state index contributed by atoms with van der Waals surface area (Å²) in [4.78, 5) is 0.0451. The Kier molecular flexibility index (Phi) is 6.29. The Morgan fingerprint density at radius 2 is 1.88 bits per heavy atom. The molecule has 1 heterocycles. The molecule has 0 aliphatic rings. The Labute approximate surface area is 156 Å². The molecule has 0 spiro atoms. The fraction of sp³-hybridized carbons (Fsp3) is 0.429. The standard InChI is InChI=1S/C14H16BrF3N4O3S/c1-3-22-12(19-20-13(22)25-8-14(16,17)18)9(2)21-26(23,24)11-6-4-10(15)5-7-11/h4-7,9,21H,3,8H2,1-2H3/t9-/m1/s1. The normalized spacial score (nSPS) is 13.6. The molecule has 0 radical (unpaired) electrons. The molecule has 1 atom stereocenters. The van der Waals surface area contributed by atoms with Gasteiger partial charge in [-0.2, -0.15) is 13.2 Å². The summed E-state index contributed by atoms with van der Waals surface area (Å²) in [6.07, 6.45) is -4.51. The van der Waals surface area contributed by atoms with E-state index in [1.165, 1.54) is 23.6 Å². The van der Waals surface area contributed by atoms with Crippen LogP contribution < -0.4 is 9.46 Å². The average molecular weight is 457 g/mol. The lowest BCUT2D eigenvalue weighted by atomic mass is 10.3. The summed E-state index contributed by atoms with van der Waals surface area (Å²) in [5, 5.41) is 7.34. The van der Waals surface area contributed by atoms with Gasteiger partial charge in [0.2, 0.25) is 10.0 Å². The molecule has 0 amide bonds. The van der Waals surface area contributed by atoms with Gasteiger partial charge in [-0.15, -0.1) is 5.10 Å². The molecule has 1 aromatic carbocycles. The van der Waals surface area contributed by atoms with E-state index < -0.39 is 28.8 Å². The minimum absolute atomic E-state index is 0.0451. The van der Waals surface area contributed by atoms with Gasteiger partial charge >= 0.3 is 12.2 Å². The van der Waals surface area contributed by atoms with E-state index in [4.69, 9.17) is 0 Å². The van der Waals surface area contributed by atoms with Gasteiger partial charge in [-0.25, -0.2) is 13.1 Å². The molecule has 0 saturated heterocycles. The average Bonchev–Trinajstić information content (AvgIpc) is 2.95. The summed E-state index contributed by atoms with van der Waals surface area (Å²) < 4.78 is 70.8. The fourth-order valence-corrected chi connectivity index (χ4v) is 3.60. The van der Waals surface area contributed by atoms with Crippen molar-refractivity contribution in [3.05, 3.63) is 34.6 Å². The van der Waals surface area contributed by atoms with Gasteiger partial charge < -0.3 is 4.74 Å². The third kappa shape index (κ3) is 5.17. The Morgan fingerprint density at radius 3 is 2.42 bits per heavy atom. The summed E-state index contributed by atoms with van der Waals surface area (Å²) in [6.45, 7) is 1.87. The van der Waals surface area contributed by atoms with Crippen LogP contribution in [-0.4, -0.2) is 36.0 Å². The van der Waals surface area contributed by atoms with Crippen LogP contribution in [0.1, 0.15) is 25.7 Å². The molecule has 0 aliphatic heterocycles. The van der Waals surface area contributed by atoms with Crippen LogP contribution in [0, 0.1) is 0 Å². The van der Waals surface area contributed by atoms with Crippen LogP contribution in [0.4, 0.5) is 13.2 Å². The highest BCUT2D eigenvalue weighted by atomic mass is 79.9. The van der Waals surface area contributed by atoms with Crippen molar-refractivity contribution in [3.63, 3.8) is 0 Å². The predicted octanol–water partition coefficient (Wildman–Crippen LogP) is 3.04. The maximum Gasteiger partial charge on any atom is 0.422 e. The van der Waals surface area contributed by atoms with Gasteiger partial charge in [-0.1, -0.05) is 21.0 Å². The zero-order valence-corrected chi connectivity index (χ0v) is 16.2. The van der Waals surface area contributed by atoms with Crippen molar-refractivity contribution in [2.75, 3.05) is 6.61 Å². The number of benzene rings is 1. The van der Waals surface area contributed by atoms with E-state index in [0.29, 0.717) is 0 Å². The highest BCUT2D eigenvalue weighted by molar-refractivity contribution is 9.10. The summed E-state index contributed by atoms with van der Waals surface area (Å²) in [5.41, 5.74) is 0. The fourth-order valence-electron chi connectivity index (χ4n) is 2.14. The first-order valence-corrected chi connectivity index (χ1v) is 9.71. The van der Waals surface area contributed by atoms with Crippen LogP contribution in [0.3, 0.4) is 0 Å². The van der Waals surface area contributed by atoms with Crippen LogP contribution >= 0.6 is 15.9 Å². The maximum absolute atomic E-state index is 12.4. The zero-order chi connectivity index (χ0) is 19.5. The number of nitrogens with zero attached hydrogens (tertiary/aromatic N) is 3. The SMILES string of the molecule is CCn1c(OCC(F)(F)F)nnc1[C@@H](C)NS(=O)(=O)c1ccc(Br)cc1. The molecule has 1 aromatic heterocycles. The molecular formula is C14H16BrF3N4O3S. The van der Waals surface area contributed by atoms with Crippen molar-refractivity contribution in [3.8, 4) is 6.01 Å². The first-order valence-electron chi connectivity index (χ1n) is 7.44. The van der Waals surface area contributed by atoms with Gasteiger partial charge in [0.15, 0.2) is 12.4 Å². The van der Waals surface area contributed by atoms with Crippen LogP contribution in [0.2, 0.25) is 0 Å². The van der Waals surface area contributed by atoms with Crippen molar-refractivity contribution < 1.29 is 26.3 Å². The first kappa shape index (κ1) is 20.6. The van der Waals surface area contributed by atoms with Crippen LogP contribution in [-0.2, 0) is 16.6 Å². The number of rotatable bonds is 7. The molecule has 2 rings (SSSR count). The Bertz CT molecular complexity index is 853. The Balaban J connectivity index is 2.20. The quantitative estimate of drug-likeness (QED) is 0.691. The van der Waals surface area contributed by atoms with Gasteiger partial charge in [-0.3, -0.25) is 4.57 Å². The van der Waals surface area contributed by atoms with E-state index in [9.17, 15) is 21.6 Å². The molecule has 1 N–H and O–H groups in total. The molecule has 0 aliphatic carbocycles. The topological polar surface area (TPSA) is 86.1 Å². The van der Waals surface area contributed by atoms with Gasteiger partial charge in [0.25, 0.3) is 0 Å². The van der Waals surface area contributed by atoms with E-state index in [1.54, 1.807) is 19.1 Å². The molecule has 0 bridgehead atoms. The summed E-state index contributed by atoms with van der Waals surface area (Å²) >= 11 is 3.22. The first-order chi connectivity index (χ1) is 12.0. The highest BCUT2D eigenvalue weighted by Crippen LogP contribution is 2.22. The van der Waals surface area contributed by atoms with Gasteiger partial charge in [0, 0.05) is 11.0 Å². The molecule has 12 heteroatoms. The Morgan fingerprint density at radius 1 is 1.27 bits per heavy atom. The van der Waals surface area contributed by atoms with Crippen LogP contribution in [0.15, 0.2) is 33.6 Å².